The van der Waals surface area contributed by atoms with Gasteiger partial charge in [-0.2, -0.15) is 0 Å². The van der Waals surface area contributed by atoms with Crippen LogP contribution in [0.1, 0.15) is 11.7 Å². The van der Waals surface area contributed by atoms with Crippen molar-refractivity contribution in [3.8, 4) is 0 Å². The van der Waals surface area contributed by atoms with Crippen LogP contribution >= 0.6 is 11.6 Å². The monoisotopic (exact) mass is 329 g/mol. The van der Waals surface area contributed by atoms with Crippen molar-refractivity contribution in [2.24, 2.45) is 0 Å². The van der Waals surface area contributed by atoms with Crippen molar-refractivity contribution in [2.75, 3.05) is 14.2 Å². The van der Waals surface area contributed by atoms with Crippen LogP contribution in [-0.2, 0) is 19.1 Å². The van der Waals surface area contributed by atoms with Gasteiger partial charge >= 0.3 is 11.9 Å². The van der Waals surface area contributed by atoms with Crippen LogP contribution in [0.2, 0.25) is 0 Å². The van der Waals surface area contributed by atoms with Gasteiger partial charge in [0, 0.05) is 12.1 Å². The van der Waals surface area contributed by atoms with Gasteiger partial charge in [-0.1, -0.05) is 11.6 Å². The topological polar surface area (TPSA) is 116 Å². The Morgan fingerprint density at radius 2 is 1.68 bits per heavy atom. The molecule has 1 aromatic rings. The second kappa shape index (κ2) is 7.53. The second-order valence-electron chi connectivity index (χ2n) is 3.96. The largest absolute Gasteiger partial charge is 0.466 e. The SMILES string of the molecule is COC(=O)/C(Cl)=C(/C(=O)OC)C(O)c1ccc([N+](=O)[O-])cc1. The van der Waals surface area contributed by atoms with Crippen molar-refractivity contribution in [1.82, 2.24) is 0 Å². The summed E-state index contributed by atoms with van der Waals surface area (Å²) in [5, 5.41) is 20.2. The summed E-state index contributed by atoms with van der Waals surface area (Å²) in [6.45, 7) is 0. The zero-order valence-corrected chi connectivity index (χ0v) is 12.4. The molecule has 1 N–H and O–H groups in total. The van der Waals surface area contributed by atoms with E-state index in [4.69, 9.17) is 11.6 Å². The average Bonchev–Trinajstić information content (AvgIpc) is 2.53. The molecule has 8 nitrogen and oxygen atoms in total. The fraction of sp³-hybridized carbons (Fsp3) is 0.231. The number of non-ortho nitro benzene ring substituents is 1. The third kappa shape index (κ3) is 3.80. The van der Waals surface area contributed by atoms with E-state index < -0.39 is 33.6 Å². The molecule has 0 heterocycles. The first-order chi connectivity index (χ1) is 10.3. The molecule has 0 aliphatic rings. The molecular formula is C13H12ClNO7. The third-order valence-corrected chi connectivity index (χ3v) is 3.06. The van der Waals surface area contributed by atoms with Gasteiger partial charge in [-0.25, -0.2) is 9.59 Å². The van der Waals surface area contributed by atoms with Gasteiger partial charge in [0.15, 0.2) is 0 Å². The van der Waals surface area contributed by atoms with E-state index in [0.717, 1.165) is 26.4 Å². The van der Waals surface area contributed by atoms with Crippen LogP contribution in [0.5, 0.6) is 0 Å². The maximum absolute atomic E-state index is 11.7. The Kier molecular flexibility index (Phi) is 6.02. The number of aliphatic hydroxyl groups is 1. The van der Waals surface area contributed by atoms with Gasteiger partial charge in [0.2, 0.25) is 0 Å². The first-order valence-electron chi connectivity index (χ1n) is 5.82. The molecular weight excluding hydrogens is 318 g/mol. The number of hydrogen-bond acceptors (Lipinski definition) is 7. The number of aliphatic hydroxyl groups excluding tert-OH is 1. The Morgan fingerprint density at radius 1 is 1.18 bits per heavy atom. The number of methoxy groups -OCH3 is 2. The molecule has 0 aliphatic heterocycles. The number of benzene rings is 1. The molecule has 1 rings (SSSR count). The Morgan fingerprint density at radius 3 is 2.09 bits per heavy atom. The molecule has 0 spiro atoms. The lowest BCUT2D eigenvalue weighted by atomic mass is 10.0. The first kappa shape index (κ1) is 17.6. The van der Waals surface area contributed by atoms with Gasteiger partial charge in [-0.3, -0.25) is 10.1 Å². The molecule has 1 aromatic carbocycles. The molecule has 0 aromatic heterocycles. The van der Waals surface area contributed by atoms with E-state index in [1.807, 2.05) is 0 Å². The predicted octanol–water partition coefficient (Wildman–Crippen LogP) is 1.47. The number of halogens is 1. The molecule has 22 heavy (non-hydrogen) atoms. The smallest absolute Gasteiger partial charge is 0.350 e. The summed E-state index contributed by atoms with van der Waals surface area (Å²) in [7, 11) is 2.10. The zero-order chi connectivity index (χ0) is 16.9. The first-order valence-corrected chi connectivity index (χ1v) is 6.20. The lowest BCUT2D eigenvalue weighted by Crippen LogP contribution is -2.18. The van der Waals surface area contributed by atoms with Crippen molar-refractivity contribution in [2.45, 2.75) is 6.10 Å². The third-order valence-electron chi connectivity index (χ3n) is 2.70. The highest BCUT2D eigenvalue weighted by Gasteiger charge is 2.29. The number of esters is 2. The minimum Gasteiger partial charge on any atom is -0.466 e. The van der Waals surface area contributed by atoms with Crippen molar-refractivity contribution in [3.05, 3.63) is 50.5 Å². The minimum absolute atomic E-state index is 0.119. The number of carbonyl (C=O) groups is 2. The number of ether oxygens (including phenoxy) is 2. The van der Waals surface area contributed by atoms with Crippen LogP contribution in [0.25, 0.3) is 0 Å². The van der Waals surface area contributed by atoms with E-state index in [1.165, 1.54) is 12.1 Å². The molecule has 118 valence electrons. The molecule has 0 bridgehead atoms. The summed E-state index contributed by atoms with van der Waals surface area (Å²) in [4.78, 5) is 33.1. The van der Waals surface area contributed by atoms with E-state index in [-0.39, 0.29) is 11.3 Å². The maximum Gasteiger partial charge on any atom is 0.350 e. The summed E-state index contributed by atoms with van der Waals surface area (Å²) >= 11 is 5.73. The Balaban J connectivity index is 3.28. The molecule has 0 aliphatic carbocycles. The fourth-order valence-corrected chi connectivity index (χ4v) is 1.83. The van der Waals surface area contributed by atoms with E-state index in [2.05, 4.69) is 9.47 Å². The van der Waals surface area contributed by atoms with E-state index in [1.54, 1.807) is 0 Å². The summed E-state index contributed by atoms with van der Waals surface area (Å²) in [6, 6.07) is 4.74. The normalized spacial score (nSPS) is 12.9. The summed E-state index contributed by atoms with van der Waals surface area (Å²) in [6.07, 6.45) is -1.61. The van der Waals surface area contributed by atoms with Gasteiger partial charge < -0.3 is 14.6 Å². The van der Waals surface area contributed by atoms with Gasteiger partial charge in [-0.15, -0.1) is 0 Å². The lowest BCUT2D eigenvalue weighted by Gasteiger charge is -2.15. The van der Waals surface area contributed by atoms with Gasteiger partial charge in [-0.05, 0) is 17.7 Å². The Labute approximate surface area is 130 Å². The zero-order valence-electron chi connectivity index (χ0n) is 11.6. The van der Waals surface area contributed by atoms with E-state index in [9.17, 15) is 24.8 Å². The van der Waals surface area contributed by atoms with Crippen LogP contribution < -0.4 is 0 Å². The molecule has 0 saturated carbocycles. The quantitative estimate of drug-likeness (QED) is 0.376. The molecule has 1 atom stereocenters. The number of rotatable bonds is 5. The van der Waals surface area contributed by atoms with Gasteiger partial charge in [0.1, 0.15) is 11.1 Å². The fourth-order valence-electron chi connectivity index (χ4n) is 1.58. The second-order valence-corrected chi connectivity index (χ2v) is 4.34. The molecule has 0 radical (unpaired) electrons. The highest BCUT2D eigenvalue weighted by molar-refractivity contribution is 6.43. The van der Waals surface area contributed by atoms with Crippen molar-refractivity contribution in [3.63, 3.8) is 0 Å². The van der Waals surface area contributed by atoms with Gasteiger partial charge in [0.05, 0.1) is 24.7 Å². The molecule has 0 amide bonds. The standard InChI is InChI=1S/C13H12ClNO7/c1-21-12(17)9(10(14)13(18)22-2)11(16)7-3-5-8(6-4-7)15(19)20/h3-6,11,16H,1-2H3/b10-9-. The minimum atomic E-state index is -1.61. The van der Waals surface area contributed by atoms with E-state index >= 15 is 0 Å². The molecule has 0 fully saturated rings. The summed E-state index contributed by atoms with van der Waals surface area (Å²) < 4.78 is 8.86. The number of nitrogens with zero attached hydrogens (tertiary/aromatic N) is 1. The Bertz CT molecular complexity index is 624. The lowest BCUT2D eigenvalue weighted by molar-refractivity contribution is -0.384. The van der Waals surface area contributed by atoms with Crippen LogP contribution in [0, 0.1) is 10.1 Å². The number of hydrogen-bond donors (Lipinski definition) is 1. The highest BCUT2D eigenvalue weighted by Crippen LogP contribution is 2.28. The predicted molar refractivity (Wildman–Crippen MR) is 75.0 cm³/mol. The Hall–Kier alpha value is -2.45. The number of nitro groups is 1. The highest BCUT2D eigenvalue weighted by atomic mass is 35.5. The molecule has 1 unspecified atom stereocenters. The molecule has 0 saturated heterocycles. The van der Waals surface area contributed by atoms with Crippen LogP contribution in [-0.4, -0.2) is 36.2 Å². The average molecular weight is 330 g/mol. The maximum atomic E-state index is 11.7. The summed E-state index contributed by atoms with van der Waals surface area (Å²) in [5.74, 6) is -2.05. The van der Waals surface area contributed by atoms with Crippen molar-refractivity contribution in [1.29, 1.82) is 0 Å². The number of nitro benzene ring substituents is 1. The molecule has 9 heteroatoms. The summed E-state index contributed by atoms with van der Waals surface area (Å²) in [5.41, 5.74) is -0.600. The van der Waals surface area contributed by atoms with Crippen LogP contribution in [0.15, 0.2) is 34.9 Å². The van der Waals surface area contributed by atoms with Crippen molar-refractivity contribution < 1.29 is 29.1 Å². The van der Waals surface area contributed by atoms with Gasteiger partial charge in [0.25, 0.3) is 5.69 Å². The van der Waals surface area contributed by atoms with Crippen molar-refractivity contribution >= 4 is 29.2 Å². The van der Waals surface area contributed by atoms with Crippen LogP contribution in [0.3, 0.4) is 0 Å². The van der Waals surface area contributed by atoms with E-state index in [0.29, 0.717) is 0 Å². The number of carbonyl (C=O) groups excluding carboxylic acids is 2. The van der Waals surface area contributed by atoms with Crippen LogP contribution in [0.4, 0.5) is 5.69 Å².